The average Bonchev–Trinajstić information content (AvgIpc) is 3.29. The molecule has 1 unspecified atom stereocenters. The van der Waals surface area contributed by atoms with Crippen LogP contribution in [0.4, 0.5) is 18.0 Å². The number of carboxylic acids is 1. The fourth-order valence-corrected chi connectivity index (χ4v) is 2.82. The van der Waals surface area contributed by atoms with Crippen molar-refractivity contribution in [1.82, 2.24) is 20.0 Å². The van der Waals surface area contributed by atoms with Crippen molar-refractivity contribution in [2.45, 2.75) is 19.1 Å². The van der Waals surface area contributed by atoms with Gasteiger partial charge >= 0.3 is 18.2 Å². The van der Waals surface area contributed by atoms with E-state index >= 15 is 0 Å². The van der Waals surface area contributed by atoms with Crippen LogP contribution in [0.25, 0.3) is 5.69 Å². The van der Waals surface area contributed by atoms with Gasteiger partial charge < -0.3 is 15.3 Å². The SMILES string of the molecule is O=C(O)C1CCN(C(=O)NCc2ccc(-n3ccc(C(F)(F)F)n3)cc2)C1. The summed E-state index contributed by atoms with van der Waals surface area (Å²) >= 11 is 0. The van der Waals surface area contributed by atoms with E-state index in [1.54, 1.807) is 24.3 Å². The molecular weight excluding hydrogens is 365 g/mol. The van der Waals surface area contributed by atoms with Gasteiger partial charge in [-0.2, -0.15) is 18.3 Å². The van der Waals surface area contributed by atoms with Crippen LogP contribution in [-0.2, 0) is 17.5 Å². The molecule has 0 bridgehead atoms. The standard InChI is InChI=1S/C17H17F3N4O3/c18-17(19,20)14-6-8-24(22-14)13-3-1-11(2-4-13)9-21-16(27)23-7-5-12(10-23)15(25)26/h1-4,6,8,12H,5,7,9-10H2,(H,21,27)(H,25,26). The minimum atomic E-state index is -4.50. The van der Waals surface area contributed by atoms with Crippen LogP contribution in [0, 0.1) is 5.92 Å². The van der Waals surface area contributed by atoms with Crippen LogP contribution in [0.15, 0.2) is 36.5 Å². The Morgan fingerprint density at radius 3 is 2.48 bits per heavy atom. The highest BCUT2D eigenvalue weighted by Crippen LogP contribution is 2.27. The maximum Gasteiger partial charge on any atom is 0.435 e. The summed E-state index contributed by atoms with van der Waals surface area (Å²) in [5.41, 5.74) is 0.248. The van der Waals surface area contributed by atoms with Gasteiger partial charge in [0.2, 0.25) is 0 Å². The number of carbonyl (C=O) groups is 2. The van der Waals surface area contributed by atoms with Gasteiger partial charge in [0.1, 0.15) is 0 Å². The largest absolute Gasteiger partial charge is 0.481 e. The first kappa shape index (κ1) is 18.7. The summed E-state index contributed by atoms with van der Waals surface area (Å²) in [6.07, 6.45) is -2.84. The Morgan fingerprint density at radius 1 is 1.22 bits per heavy atom. The lowest BCUT2D eigenvalue weighted by Crippen LogP contribution is -2.38. The number of nitrogens with zero attached hydrogens (tertiary/aromatic N) is 3. The van der Waals surface area contributed by atoms with Crippen LogP contribution in [0.3, 0.4) is 0 Å². The number of carbonyl (C=O) groups excluding carboxylic acids is 1. The van der Waals surface area contributed by atoms with Gasteiger partial charge in [-0.3, -0.25) is 4.79 Å². The number of benzene rings is 1. The molecule has 2 aromatic rings. The Hall–Kier alpha value is -3.04. The highest BCUT2D eigenvalue weighted by atomic mass is 19.4. The molecule has 2 heterocycles. The van der Waals surface area contributed by atoms with E-state index in [0.717, 1.165) is 16.3 Å². The molecule has 1 saturated heterocycles. The second-order valence-corrected chi connectivity index (χ2v) is 6.24. The normalized spacial score (nSPS) is 17.1. The Labute approximate surface area is 152 Å². The van der Waals surface area contributed by atoms with E-state index in [2.05, 4.69) is 10.4 Å². The molecule has 0 radical (unpaired) electrons. The molecule has 1 aliphatic heterocycles. The lowest BCUT2D eigenvalue weighted by Gasteiger charge is -2.16. The summed E-state index contributed by atoms with van der Waals surface area (Å²) in [6, 6.07) is 7.11. The molecule has 1 aromatic carbocycles. The third-order valence-corrected chi connectivity index (χ3v) is 4.35. The summed E-state index contributed by atoms with van der Waals surface area (Å²) in [4.78, 5) is 24.5. The molecule has 144 valence electrons. The molecule has 2 amide bonds. The highest BCUT2D eigenvalue weighted by molar-refractivity contribution is 5.77. The van der Waals surface area contributed by atoms with Gasteiger partial charge in [0.15, 0.2) is 5.69 Å². The predicted molar refractivity (Wildman–Crippen MR) is 88.1 cm³/mol. The van der Waals surface area contributed by atoms with Gasteiger partial charge in [0.05, 0.1) is 11.6 Å². The van der Waals surface area contributed by atoms with Crippen LogP contribution in [-0.4, -0.2) is 44.9 Å². The molecule has 7 nitrogen and oxygen atoms in total. The third-order valence-electron chi connectivity index (χ3n) is 4.35. The van der Waals surface area contributed by atoms with Crippen LogP contribution >= 0.6 is 0 Å². The first-order valence-electron chi connectivity index (χ1n) is 8.22. The number of carboxylic acid groups (broad SMARTS) is 1. The van der Waals surface area contributed by atoms with E-state index in [9.17, 15) is 22.8 Å². The number of amides is 2. The first-order valence-corrected chi connectivity index (χ1v) is 8.22. The molecule has 0 saturated carbocycles. The Balaban J connectivity index is 1.56. The van der Waals surface area contributed by atoms with E-state index in [4.69, 9.17) is 5.11 Å². The molecule has 2 N–H and O–H groups in total. The van der Waals surface area contributed by atoms with Gasteiger partial charge in [0.25, 0.3) is 0 Å². The molecule has 1 aliphatic rings. The minimum absolute atomic E-state index is 0.181. The van der Waals surface area contributed by atoms with Crippen molar-refractivity contribution in [3.63, 3.8) is 0 Å². The topological polar surface area (TPSA) is 87.5 Å². The lowest BCUT2D eigenvalue weighted by molar-refractivity contribution is -0.142. The van der Waals surface area contributed by atoms with Crippen molar-refractivity contribution < 1.29 is 27.9 Å². The van der Waals surface area contributed by atoms with Crippen molar-refractivity contribution in [3.05, 3.63) is 47.8 Å². The van der Waals surface area contributed by atoms with Gasteiger partial charge in [-0.1, -0.05) is 12.1 Å². The van der Waals surface area contributed by atoms with E-state index in [-0.39, 0.29) is 19.1 Å². The van der Waals surface area contributed by atoms with Crippen LogP contribution in [0.1, 0.15) is 17.7 Å². The van der Waals surface area contributed by atoms with Crippen LogP contribution in [0.5, 0.6) is 0 Å². The molecule has 3 rings (SSSR count). The van der Waals surface area contributed by atoms with Crippen molar-refractivity contribution in [2.75, 3.05) is 13.1 Å². The Bertz CT molecular complexity index is 833. The fraction of sp³-hybridized carbons (Fsp3) is 0.353. The number of aromatic nitrogens is 2. The van der Waals surface area contributed by atoms with E-state index < -0.39 is 23.8 Å². The second-order valence-electron chi connectivity index (χ2n) is 6.24. The van der Waals surface area contributed by atoms with E-state index in [0.29, 0.717) is 18.7 Å². The molecule has 27 heavy (non-hydrogen) atoms. The number of aliphatic carboxylic acids is 1. The summed E-state index contributed by atoms with van der Waals surface area (Å²) in [5, 5.41) is 15.2. The zero-order valence-corrected chi connectivity index (χ0v) is 14.1. The molecule has 1 fully saturated rings. The van der Waals surface area contributed by atoms with E-state index in [1.165, 1.54) is 11.1 Å². The highest BCUT2D eigenvalue weighted by Gasteiger charge is 2.33. The third kappa shape index (κ3) is 4.39. The number of hydrogen-bond acceptors (Lipinski definition) is 3. The van der Waals surface area contributed by atoms with Crippen molar-refractivity contribution in [1.29, 1.82) is 0 Å². The summed E-state index contributed by atoms with van der Waals surface area (Å²) in [5.74, 6) is -1.45. The number of nitrogens with one attached hydrogen (secondary N) is 1. The summed E-state index contributed by atoms with van der Waals surface area (Å²) in [6.45, 7) is 0.795. The molecule has 0 aliphatic carbocycles. The number of alkyl halides is 3. The molecule has 10 heteroatoms. The van der Waals surface area contributed by atoms with Gasteiger partial charge in [-0.15, -0.1) is 0 Å². The van der Waals surface area contributed by atoms with Gasteiger partial charge in [-0.25, -0.2) is 9.48 Å². The predicted octanol–water partition coefficient (Wildman–Crippen LogP) is 2.51. The zero-order chi connectivity index (χ0) is 19.6. The Kier molecular flexibility index (Phi) is 5.06. The molecule has 1 atom stereocenters. The zero-order valence-electron chi connectivity index (χ0n) is 14.1. The number of rotatable bonds is 4. The average molecular weight is 382 g/mol. The van der Waals surface area contributed by atoms with Crippen LogP contribution < -0.4 is 5.32 Å². The molecule has 1 aromatic heterocycles. The first-order chi connectivity index (χ1) is 12.7. The van der Waals surface area contributed by atoms with E-state index in [1.807, 2.05) is 0 Å². The second kappa shape index (κ2) is 7.29. The lowest BCUT2D eigenvalue weighted by atomic mass is 10.1. The maximum atomic E-state index is 12.6. The van der Waals surface area contributed by atoms with Crippen LogP contribution in [0.2, 0.25) is 0 Å². The van der Waals surface area contributed by atoms with Crippen molar-refractivity contribution in [2.24, 2.45) is 5.92 Å². The molecule has 0 spiro atoms. The number of halogens is 3. The monoisotopic (exact) mass is 382 g/mol. The summed E-state index contributed by atoms with van der Waals surface area (Å²) < 4.78 is 38.9. The number of likely N-dealkylation sites (tertiary alicyclic amines) is 1. The smallest absolute Gasteiger partial charge is 0.435 e. The van der Waals surface area contributed by atoms with Gasteiger partial charge in [0, 0.05) is 25.8 Å². The minimum Gasteiger partial charge on any atom is -0.481 e. The Morgan fingerprint density at radius 2 is 1.93 bits per heavy atom. The summed E-state index contributed by atoms with van der Waals surface area (Å²) in [7, 11) is 0. The fourth-order valence-electron chi connectivity index (χ4n) is 2.82. The maximum absolute atomic E-state index is 12.6. The van der Waals surface area contributed by atoms with Gasteiger partial charge in [-0.05, 0) is 30.2 Å². The van der Waals surface area contributed by atoms with Crippen molar-refractivity contribution in [3.8, 4) is 5.69 Å². The number of hydrogen-bond donors (Lipinski definition) is 2. The van der Waals surface area contributed by atoms with Crippen molar-refractivity contribution >= 4 is 12.0 Å². The quantitative estimate of drug-likeness (QED) is 0.851. The number of urea groups is 1. The molecular formula is C17H17F3N4O3.